The van der Waals surface area contributed by atoms with Crippen LogP contribution in [0.2, 0.25) is 0 Å². The second kappa shape index (κ2) is 3.49. The molecule has 0 unspecified atom stereocenters. The molecule has 0 fully saturated rings. The van der Waals surface area contributed by atoms with E-state index in [1.165, 1.54) is 0 Å². The van der Waals surface area contributed by atoms with E-state index in [9.17, 15) is 0 Å². The quantitative estimate of drug-likeness (QED) is 0.775. The predicted octanol–water partition coefficient (Wildman–Crippen LogP) is 1.43. The van der Waals surface area contributed by atoms with Crippen molar-refractivity contribution in [1.82, 2.24) is 14.6 Å². The second-order valence-electron chi connectivity index (χ2n) is 3.01. The first-order chi connectivity index (χ1) is 6.81. The van der Waals surface area contributed by atoms with Gasteiger partial charge in [-0.05, 0) is 19.1 Å². The van der Waals surface area contributed by atoms with Crippen LogP contribution in [0.15, 0.2) is 30.7 Å². The highest BCUT2D eigenvalue weighted by molar-refractivity contribution is 5.56. The third-order valence-corrected chi connectivity index (χ3v) is 2.08. The monoisotopic (exact) mass is 188 g/mol. The smallest absolute Gasteiger partial charge is 0.124 e. The lowest BCUT2D eigenvalue weighted by molar-refractivity contribution is 0.869. The molecule has 2 heterocycles. The van der Waals surface area contributed by atoms with Crippen LogP contribution in [0.4, 0.5) is 0 Å². The zero-order valence-electron chi connectivity index (χ0n) is 8.23. The maximum atomic E-state index is 4.41. The molecule has 4 nitrogen and oxygen atoms in total. The Morgan fingerprint density at radius 1 is 1.43 bits per heavy atom. The third-order valence-electron chi connectivity index (χ3n) is 2.08. The number of aryl methyl sites for hydroxylation is 1. The van der Waals surface area contributed by atoms with Gasteiger partial charge in [-0.15, -0.1) is 0 Å². The molecular weight excluding hydrogens is 176 g/mol. The normalized spacial score (nSPS) is 10.1. The van der Waals surface area contributed by atoms with Crippen molar-refractivity contribution in [2.24, 2.45) is 0 Å². The molecule has 2 aromatic rings. The Bertz CT molecular complexity index is 419. The molecule has 0 saturated heterocycles. The van der Waals surface area contributed by atoms with Crippen LogP contribution in [-0.2, 0) is 0 Å². The summed E-state index contributed by atoms with van der Waals surface area (Å²) in [5.74, 6) is 0.936. The van der Waals surface area contributed by atoms with Gasteiger partial charge in [-0.1, -0.05) is 0 Å². The average Bonchev–Trinajstić information content (AvgIpc) is 2.61. The van der Waals surface area contributed by atoms with Crippen LogP contribution in [-0.4, -0.2) is 21.7 Å². The van der Waals surface area contributed by atoms with Crippen molar-refractivity contribution in [3.63, 3.8) is 0 Å². The van der Waals surface area contributed by atoms with Gasteiger partial charge < -0.3 is 5.43 Å². The van der Waals surface area contributed by atoms with Crippen LogP contribution in [0.5, 0.6) is 0 Å². The molecule has 0 spiro atoms. The summed E-state index contributed by atoms with van der Waals surface area (Å²) in [4.78, 5) is 8.47. The molecule has 0 aliphatic heterocycles. The highest BCUT2D eigenvalue weighted by Crippen LogP contribution is 2.15. The molecule has 2 aromatic heterocycles. The van der Waals surface area contributed by atoms with E-state index in [2.05, 4.69) is 15.4 Å². The summed E-state index contributed by atoms with van der Waals surface area (Å²) in [7, 11) is 1.86. The van der Waals surface area contributed by atoms with E-state index < -0.39 is 0 Å². The van der Waals surface area contributed by atoms with Gasteiger partial charge in [0.25, 0.3) is 0 Å². The van der Waals surface area contributed by atoms with E-state index in [0.29, 0.717) is 0 Å². The van der Waals surface area contributed by atoms with Crippen LogP contribution in [0, 0.1) is 6.92 Å². The Morgan fingerprint density at radius 3 is 2.86 bits per heavy atom. The molecule has 0 amide bonds. The van der Waals surface area contributed by atoms with Crippen LogP contribution < -0.4 is 5.43 Å². The Kier molecular flexibility index (Phi) is 2.18. The molecule has 14 heavy (non-hydrogen) atoms. The fourth-order valence-electron chi connectivity index (χ4n) is 1.35. The first-order valence-electron chi connectivity index (χ1n) is 4.45. The number of nitrogens with zero attached hydrogens (tertiary/aromatic N) is 3. The van der Waals surface area contributed by atoms with Gasteiger partial charge >= 0.3 is 0 Å². The van der Waals surface area contributed by atoms with Crippen molar-refractivity contribution in [1.29, 1.82) is 0 Å². The lowest BCUT2D eigenvalue weighted by Gasteiger charge is -1.99. The fourth-order valence-corrected chi connectivity index (χ4v) is 1.35. The molecule has 0 atom stereocenters. The van der Waals surface area contributed by atoms with Gasteiger partial charge in [0.2, 0.25) is 0 Å². The summed E-state index contributed by atoms with van der Waals surface area (Å²) in [5, 5.41) is 0. The largest absolute Gasteiger partial charge is 0.328 e. The van der Waals surface area contributed by atoms with Crippen molar-refractivity contribution in [3.05, 3.63) is 36.5 Å². The summed E-state index contributed by atoms with van der Waals surface area (Å²) in [6.45, 7) is 1.95. The summed E-state index contributed by atoms with van der Waals surface area (Å²) >= 11 is 0. The zero-order chi connectivity index (χ0) is 9.97. The standard InChI is InChI=1S/C10H12N4/c1-8-13-10(7-14(8)11-2)9-4-3-5-12-6-9/h3-7,11H,1-2H3. The fraction of sp³-hybridized carbons (Fsp3) is 0.200. The van der Waals surface area contributed by atoms with Crippen molar-refractivity contribution in [2.75, 3.05) is 12.5 Å². The maximum absolute atomic E-state index is 4.41. The SMILES string of the molecule is CNn1cc(-c2cccnc2)nc1C. The van der Waals surface area contributed by atoms with E-state index in [0.717, 1.165) is 17.1 Å². The van der Waals surface area contributed by atoms with E-state index in [4.69, 9.17) is 0 Å². The molecule has 0 bridgehead atoms. The predicted molar refractivity (Wildman–Crippen MR) is 55.5 cm³/mol. The minimum atomic E-state index is 0.935. The molecule has 4 heteroatoms. The lowest BCUT2D eigenvalue weighted by Crippen LogP contribution is -2.08. The molecule has 2 rings (SSSR count). The van der Waals surface area contributed by atoms with Crippen LogP contribution in [0.1, 0.15) is 5.82 Å². The van der Waals surface area contributed by atoms with Crippen LogP contribution >= 0.6 is 0 Å². The number of hydrogen-bond donors (Lipinski definition) is 1. The molecule has 0 aliphatic rings. The average molecular weight is 188 g/mol. The number of imidazole rings is 1. The second-order valence-corrected chi connectivity index (χ2v) is 3.01. The van der Waals surface area contributed by atoms with Crippen LogP contribution in [0.3, 0.4) is 0 Å². The molecule has 72 valence electrons. The number of rotatable bonds is 2. The van der Waals surface area contributed by atoms with Gasteiger partial charge in [-0.2, -0.15) is 0 Å². The minimum absolute atomic E-state index is 0.935. The summed E-state index contributed by atoms with van der Waals surface area (Å²) in [5.41, 5.74) is 4.99. The minimum Gasteiger partial charge on any atom is -0.328 e. The van der Waals surface area contributed by atoms with Gasteiger partial charge in [0, 0.05) is 25.0 Å². The van der Waals surface area contributed by atoms with Crippen molar-refractivity contribution in [2.45, 2.75) is 6.92 Å². The van der Waals surface area contributed by atoms with E-state index in [1.807, 2.05) is 43.2 Å². The number of aromatic nitrogens is 3. The lowest BCUT2D eigenvalue weighted by atomic mass is 10.2. The first-order valence-corrected chi connectivity index (χ1v) is 4.45. The Morgan fingerprint density at radius 2 is 2.29 bits per heavy atom. The van der Waals surface area contributed by atoms with Gasteiger partial charge in [0.05, 0.1) is 11.9 Å². The molecule has 0 aliphatic carbocycles. The van der Waals surface area contributed by atoms with Crippen molar-refractivity contribution < 1.29 is 0 Å². The molecule has 1 N–H and O–H groups in total. The Balaban J connectivity index is 2.43. The molecule has 0 saturated carbocycles. The Hall–Kier alpha value is -1.84. The summed E-state index contributed by atoms with van der Waals surface area (Å²) < 4.78 is 1.88. The summed E-state index contributed by atoms with van der Waals surface area (Å²) in [6.07, 6.45) is 5.51. The highest BCUT2D eigenvalue weighted by Gasteiger charge is 2.04. The number of pyridine rings is 1. The number of nitrogens with one attached hydrogen (secondary N) is 1. The van der Waals surface area contributed by atoms with Crippen molar-refractivity contribution in [3.8, 4) is 11.3 Å². The summed E-state index contributed by atoms with van der Waals surface area (Å²) in [6, 6.07) is 3.90. The molecular formula is C10H12N4. The van der Waals surface area contributed by atoms with Gasteiger partial charge in [-0.25, -0.2) is 4.98 Å². The maximum Gasteiger partial charge on any atom is 0.124 e. The van der Waals surface area contributed by atoms with Gasteiger partial charge in [0.15, 0.2) is 0 Å². The third kappa shape index (κ3) is 1.46. The van der Waals surface area contributed by atoms with Gasteiger partial charge in [-0.3, -0.25) is 9.66 Å². The van der Waals surface area contributed by atoms with Crippen LogP contribution in [0.25, 0.3) is 11.3 Å². The molecule has 0 radical (unpaired) electrons. The molecule has 0 aromatic carbocycles. The first kappa shape index (κ1) is 8.74. The Labute approximate surface area is 82.6 Å². The zero-order valence-corrected chi connectivity index (χ0v) is 8.23. The van der Waals surface area contributed by atoms with E-state index in [-0.39, 0.29) is 0 Å². The van der Waals surface area contributed by atoms with E-state index >= 15 is 0 Å². The highest BCUT2D eigenvalue weighted by atomic mass is 15.4. The van der Waals surface area contributed by atoms with Crippen molar-refractivity contribution >= 4 is 0 Å². The number of hydrogen-bond acceptors (Lipinski definition) is 3. The van der Waals surface area contributed by atoms with Gasteiger partial charge in [0.1, 0.15) is 5.82 Å². The topological polar surface area (TPSA) is 42.7 Å². The van der Waals surface area contributed by atoms with E-state index in [1.54, 1.807) is 6.20 Å².